The molecule has 0 aliphatic heterocycles. The third-order valence-corrected chi connectivity index (χ3v) is 4.35. The first-order valence-electron chi connectivity index (χ1n) is 4.77. The number of rotatable bonds is 2. The van der Waals surface area contributed by atoms with Gasteiger partial charge in [-0.25, -0.2) is 13.1 Å². The molecule has 0 aliphatic rings. The first kappa shape index (κ1) is 12.0. The van der Waals surface area contributed by atoms with Crippen molar-refractivity contribution in [1.82, 2.24) is 9.78 Å². The standard InChI is InChI=1S/C10H11N3O2S2/c1-13-10(11)16-9(12-13)7-3-5-8(6-4-7)17(2,14)15/h3-6,11H,1-2H3. The van der Waals surface area contributed by atoms with Crippen LogP contribution in [-0.4, -0.2) is 24.5 Å². The van der Waals surface area contributed by atoms with Crippen molar-refractivity contribution < 1.29 is 8.42 Å². The molecule has 0 unspecified atom stereocenters. The van der Waals surface area contributed by atoms with Gasteiger partial charge in [0.2, 0.25) is 0 Å². The van der Waals surface area contributed by atoms with Crippen molar-refractivity contribution in [3.05, 3.63) is 29.1 Å². The normalized spacial score (nSPS) is 11.6. The first-order chi connectivity index (χ1) is 7.88. The smallest absolute Gasteiger partial charge is 0.200 e. The largest absolute Gasteiger partial charge is 0.274 e. The maximum Gasteiger partial charge on any atom is 0.200 e. The summed E-state index contributed by atoms with van der Waals surface area (Å²) in [5, 5.41) is 12.4. The SMILES string of the molecule is Cn1nc(-c2ccc(S(C)(=O)=O)cc2)sc1=N. The maximum atomic E-state index is 11.3. The number of benzene rings is 1. The Balaban J connectivity index is 2.46. The molecule has 0 aliphatic carbocycles. The van der Waals surface area contributed by atoms with Gasteiger partial charge >= 0.3 is 0 Å². The zero-order valence-electron chi connectivity index (χ0n) is 9.34. The van der Waals surface area contributed by atoms with Crippen LogP contribution in [0.1, 0.15) is 0 Å². The summed E-state index contributed by atoms with van der Waals surface area (Å²) < 4.78 is 24.1. The van der Waals surface area contributed by atoms with Crippen molar-refractivity contribution in [2.75, 3.05) is 6.26 Å². The van der Waals surface area contributed by atoms with Crippen molar-refractivity contribution in [3.63, 3.8) is 0 Å². The number of hydrogen-bond donors (Lipinski definition) is 1. The van der Waals surface area contributed by atoms with Crippen molar-refractivity contribution in [2.24, 2.45) is 7.05 Å². The van der Waals surface area contributed by atoms with Crippen molar-refractivity contribution in [2.45, 2.75) is 4.90 Å². The molecule has 17 heavy (non-hydrogen) atoms. The van der Waals surface area contributed by atoms with Crippen LogP contribution in [-0.2, 0) is 16.9 Å². The molecule has 0 saturated carbocycles. The molecule has 0 spiro atoms. The van der Waals surface area contributed by atoms with E-state index in [-0.39, 0.29) is 4.90 Å². The molecule has 0 saturated heterocycles. The summed E-state index contributed by atoms with van der Waals surface area (Å²) in [4.78, 5) is 0.639. The summed E-state index contributed by atoms with van der Waals surface area (Å²) in [6.07, 6.45) is 1.17. The highest BCUT2D eigenvalue weighted by Gasteiger charge is 2.08. The molecule has 2 aromatic rings. The van der Waals surface area contributed by atoms with Crippen LogP contribution in [0.4, 0.5) is 0 Å². The highest BCUT2D eigenvalue weighted by atomic mass is 32.2. The minimum atomic E-state index is -3.16. The number of hydrogen-bond acceptors (Lipinski definition) is 5. The van der Waals surface area contributed by atoms with E-state index in [1.54, 1.807) is 31.3 Å². The Labute approximate surface area is 103 Å². The molecule has 2 rings (SSSR count). The predicted octanol–water partition coefficient (Wildman–Crippen LogP) is 1.03. The topological polar surface area (TPSA) is 75.8 Å². The summed E-state index contributed by atoms with van der Waals surface area (Å²) in [6, 6.07) is 6.51. The molecule has 0 fully saturated rings. The molecule has 90 valence electrons. The van der Waals surface area contributed by atoms with E-state index in [1.165, 1.54) is 22.3 Å². The quantitative estimate of drug-likeness (QED) is 0.884. The minimum absolute atomic E-state index is 0.285. The van der Waals surface area contributed by atoms with E-state index in [0.717, 1.165) is 5.56 Å². The fraction of sp³-hybridized carbons (Fsp3) is 0.200. The lowest BCUT2D eigenvalue weighted by molar-refractivity contribution is 0.602. The number of aromatic nitrogens is 2. The van der Waals surface area contributed by atoms with E-state index in [4.69, 9.17) is 5.41 Å². The monoisotopic (exact) mass is 269 g/mol. The Hall–Kier alpha value is -1.47. The van der Waals surface area contributed by atoms with Gasteiger partial charge in [0.25, 0.3) is 0 Å². The Bertz CT molecular complexity index is 696. The molecule has 0 atom stereocenters. The van der Waals surface area contributed by atoms with Crippen LogP contribution in [0.2, 0.25) is 0 Å². The number of nitrogens with zero attached hydrogens (tertiary/aromatic N) is 2. The molecular formula is C10H11N3O2S2. The van der Waals surface area contributed by atoms with Gasteiger partial charge < -0.3 is 0 Å². The Morgan fingerprint density at radius 3 is 2.29 bits per heavy atom. The van der Waals surface area contributed by atoms with E-state index in [9.17, 15) is 8.42 Å². The summed E-state index contributed by atoms with van der Waals surface area (Å²) in [6.45, 7) is 0. The molecule has 0 radical (unpaired) electrons. The van der Waals surface area contributed by atoms with E-state index in [2.05, 4.69) is 5.10 Å². The van der Waals surface area contributed by atoms with Crippen LogP contribution in [0.15, 0.2) is 29.2 Å². The second-order valence-corrected chi connectivity index (χ2v) is 6.63. The van der Waals surface area contributed by atoms with Gasteiger partial charge in [-0.1, -0.05) is 23.5 Å². The van der Waals surface area contributed by atoms with Gasteiger partial charge in [-0.3, -0.25) is 5.41 Å². The predicted molar refractivity (Wildman–Crippen MR) is 65.5 cm³/mol. The third-order valence-electron chi connectivity index (χ3n) is 2.26. The van der Waals surface area contributed by atoms with Crippen LogP contribution < -0.4 is 4.80 Å². The van der Waals surface area contributed by atoms with Gasteiger partial charge in [-0.2, -0.15) is 5.10 Å². The van der Waals surface area contributed by atoms with Crippen molar-refractivity contribution >= 4 is 21.2 Å². The second kappa shape index (κ2) is 4.08. The molecule has 0 amide bonds. The van der Waals surface area contributed by atoms with Crippen molar-refractivity contribution in [1.29, 1.82) is 5.41 Å². The number of nitrogens with one attached hydrogen (secondary N) is 1. The Kier molecular flexibility index (Phi) is 2.88. The number of aryl methyl sites for hydroxylation is 1. The van der Waals surface area contributed by atoms with Gasteiger partial charge in [-0.15, -0.1) is 0 Å². The minimum Gasteiger partial charge on any atom is -0.274 e. The molecule has 7 heteroatoms. The highest BCUT2D eigenvalue weighted by molar-refractivity contribution is 7.90. The summed E-state index contributed by atoms with van der Waals surface area (Å²) in [7, 11) is -1.46. The Morgan fingerprint density at radius 1 is 1.29 bits per heavy atom. The van der Waals surface area contributed by atoms with E-state index < -0.39 is 9.84 Å². The summed E-state index contributed by atoms with van der Waals surface area (Å²) in [5.74, 6) is 0. The molecule has 1 aromatic carbocycles. The second-order valence-electron chi connectivity index (χ2n) is 3.63. The third kappa shape index (κ3) is 2.45. The van der Waals surface area contributed by atoms with E-state index in [0.29, 0.717) is 9.81 Å². The highest BCUT2D eigenvalue weighted by Crippen LogP contribution is 2.20. The number of sulfone groups is 1. The lowest BCUT2D eigenvalue weighted by atomic mass is 10.2. The van der Waals surface area contributed by atoms with E-state index >= 15 is 0 Å². The molecule has 1 N–H and O–H groups in total. The molecule has 5 nitrogen and oxygen atoms in total. The van der Waals surface area contributed by atoms with Gasteiger partial charge in [-0.05, 0) is 12.1 Å². The zero-order valence-corrected chi connectivity index (χ0v) is 11.0. The Morgan fingerprint density at radius 2 is 1.88 bits per heavy atom. The maximum absolute atomic E-state index is 11.3. The molecular weight excluding hydrogens is 258 g/mol. The van der Waals surface area contributed by atoms with Crippen LogP contribution in [0.5, 0.6) is 0 Å². The van der Waals surface area contributed by atoms with Crippen LogP contribution >= 0.6 is 11.3 Å². The lowest BCUT2D eigenvalue weighted by Crippen LogP contribution is -2.08. The fourth-order valence-electron chi connectivity index (χ4n) is 1.32. The molecule has 0 bridgehead atoms. The van der Waals surface area contributed by atoms with Gasteiger partial charge in [0, 0.05) is 18.9 Å². The summed E-state index contributed by atoms with van der Waals surface area (Å²) in [5.41, 5.74) is 0.816. The van der Waals surface area contributed by atoms with E-state index in [1.807, 2.05) is 0 Å². The van der Waals surface area contributed by atoms with Crippen LogP contribution in [0.25, 0.3) is 10.6 Å². The van der Waals surface area contributed by atoms with Gasteiger partial charge in [0.1, 0.15) is 5.01 Å². The zero-order chi connectivity index (χ0) is 12.6. The van der Waals surface area contributed by atoms with Crippen molar-refractivity contribution in [3.8, 4) is 10.6 Å². The average Bonchev–Trinajstić information content (AvgIpc) is 2.58. The fourth-order valence-corrected chi connectivity index (χ4v) is 2.72. The van der Waals surface area contributed by atoms with Crippen LogP contribution in [0, 0.1) is 5.41 Å². The summed E-state index contributed by atoms with van der Waals surface area (Å²) >= 11 is 1.25. The lowest BCUT2D eigenvalue weighted by Gasteiger charge is -1.99. The van der Waals surface area contributed by atoms with Gasteiger partial charge in [0.05, 0.1) is 4.90 Å². The van der Waals surface area contributed by atoms with Gasteiger partial charge in [0.15, 0.2) is 14.6 Å². The van der Waals surface area contributed by atoms with Crippen LogP contribution in [0.3, 0.4) is 0 Å². The first-order valence-corrected chi connectivity index (χ1v) is 7.48. The average molecular weight is 269 g/mol. The molecule has 1 aromatic heterocycles. The molecule has 1 heterocycles.